The van der Waals surface area contributed by atoms with Crippen molar-refractivity contribution in [3.8, 4) is 5.75 Å². The average Bonchev–Trinajstić information content (AvgIpc) is 3.52. The highest BCUT2D eigenvalue weighted by Crippen LogP contribution is 2.40. The minimum absolute atomic E-state index is 0.0417. The van der Waals surface area contributed by atoms with Crippen LogP contribution in [0.1, 0.15) is 24.5 Å². The van der Waals surface area contributed by atoms with Crippen LogP contribution in [0.5, 0.6) is 5.75 Å². The topological polar surface area (TPSA) is 58.6 Å². The summed E-state index contributed by atoms with van der Waals surface area (Å²) < 4.78 is 5.13. The van der Waals surface area contributed by atoms with Crippen molar-refractivity contribution in [2.45, 2.75) is 26.4 Å². The van der Waals surface area contributed by atoms with Gasteiger partial charge in [-0.3, -0.25) is 9.59 Å². The summed E-state index contributed by atoms with van der Waals surface area (Å²) >= 11 is 0. The van der Waals surface area contributed by atoms with Crippen molar-refractivity contribution in [1.82, 2.24) is 10.2 Å². The third kappa shape index (κ3) is 4.88. The molecule has 2 amide bonds. The second-order valence-electron chi connectivity index (χ2n) is 6.85. The van der Waals surface area contributed by atoms with Crippen molar-refractivity contribution < 1.29 is 14.3 Å². The quantitative estimate of drug-likeness (QED) is 0.781. The molecule has 2 aromatic carbocycles. The Bertz CT molecular complexity index is 774. The Hall–Kier alpha value is -2.82. The predicted molar refractivity (Wildman–Crippen MR) is 104 cm³/mol. The van der Waals surface area contributed by atoms with Crippen LogP contribution in [0.25, 0.3) is 0 Å². The molecule has 2 aromatic rings. The van der Waals surface area contributed by atoms with Crippen LogP contribution in [0.2, 0.25) is 0 Å². The van der Waals surface area contributed by atoms with Gasteiger partial charge in [0.25, 0.3) is 0 Å². The average molecular weight is 366 g/mol. The van der Waals surface area contributed by atoms with Crippen molar-refractivity contribution in [1.29, 1.82) is 0 Å². The number of amides is 2. The second-order valence-corrected chi connectivity index (χ2v) is 6.85. The van der Waals surface area contributed by atoms with E-state index in [1.165, 1.54) is 0 Å². The molecule has 0 aliphatic heterocycles. The van der Waals surface area contributed by atoms with E-state index in [2.05, 4.69) is 5.32 Å². The number of nitrogens with zero attached hydrogens (tertiary/aromatic N) is 1. The summed E-state index contributed by atoms with van der Waals surface area (Å²) in [5.74, 6) is 0.423. The van der Waals surface area contributed by atoms with E-state index in [0.29, 0.717) is 26.1 Å². The largest absolute Gasteiger partial charge is 0.497 e. The lowest BCUT2D eigenvalue weighted by molar-refractivity contribution is -0.135. The van der Waals surface area contributed by atoms with Crippen molar-refractivity contribution >= 4 is 11.8 Å². The molecule has 1 aliphatic rings. The first-order valence-electron chi connectivity index (χ1n) is 9.35. The van der Waals surface area contributed by atoms with E-state index >= 15 is 0 Å². The first-order valence-corrected chi connectivity index (χ1v) is 9.35. The van der Waals surface area contributed by atoms with Gasteiger partial charge < -0.3 is 15.0 Å². The Kier molecular flexibility index (Phi) is 6.12. The molecule has 0 spiro atoms. The van der Waals surface area contributed by atoms with E-state index in [0.717, 1.165) is 16.9 Å². The molecule has 27 heavy (non-hydrogen) atoms. The van der Waals surface area contributed by atoms with E-state index in [1.54, 1.807) is 7.11 Å². The molecule has 1 fully saturated rings. The first-order chi connectivity index (χ1) is 13.1. The van der Waals surface area contributed by atoms with Crippen molar-refractivity contribution in [2.75, 3.05) is 13.7 Å². The van der Waals surface area contributed by atoms with Crippen LogP contribution in [-0.2, 0) is 22.7 Å². The maximum atomic E-state index is 12.7. The minimum Gasteiger partial charge on any atom is -0.497 e. The molecular formula is C22H26N2O3. The van der Waals surface area contributed by atoms with Crippen molar-refractivity contribution in [3.05, 3.63) is 65.7 Å². The van der Waals surface area contributed by atoms with E-state index in [1.807, 2.05) is 66.4 Å². The highest BCUT2D eigenvalue weighted by atomic mass is 16.5. The SMILES string of the molecule is CCN(Cc1ccccc1)C(=O)C1CC1C(=O)NCc1ccc(OC)cc1. The van der Waals surface area contributed by atoms with Crippen LogP contribution in [0.4, 0.5) is 0 Å². The molecule has 0 saturated heterocycles. The van der Waals surface area contributed by atoms with E-state index in [-0.39, 0.29) is 23.7 Å². The minimum atomic E-state index is -0.208. The maximum absolute atomic E-state index is 12.7. The fourth-order valence-electron chi connectivity index (χ4n) is 3.21. The maximum Gasteiger partial charge on any atom is 0.226 e. The monoisotopic (exact) mass is 366 g/mol. The fraction of sp³-hybridized carbons (Fsp3) is 0.364. The Balaban J connectivity index is 1.49. The standard InChI is InChI=1S/C22H26N2O3/c1-3-24(15-17-7-5-4-6-8-17)22(26)20-13-19(20)21(25)23-14-16-9-11-18(27-2)12-10-16/h4-12,19-20H,3,13-15H2,1-2H3,(H,23,25). The van der Waals surface area contributed by atoms with Gasteiger partial charge in [0.2, 0.25) is 11.8 Å². The summed E-state index contributed by atoms with van der Waals surface area (Å²) in [6.45, 7) is 3.67. The van der Waals surface area contributed by atoms with Gasteiger partial charge in [-0.05, 0) is 36.6 Å². The van der Waals surface area contributed by atoms with Crippen LogP contribution < -0.4 is 10.1 Å². The van der Waals surface area contributed by atoms with Gasteiger partial charge in [0.15, 0.2) is 0 Å². The summed E-state index contributed by atoms with van der Waals surface area (Å²) in [5.41, 5.74) is 2.11. The highest BCUT2D eigenvalue weighted by Gasteiger charge is 2.49. The zero-order valence-electron chi connectivity index (χ0n) is 15.9. The molecule has 0 aromatic heterocycles. The molecule has 1 aliphatic carbocycles. The highest BCUT2D eigenvalue weighted by molar-refractivity contribution is 5.92. The van der Waals surface area contributed by atoms with Gasteiger partial charge in [0.05, 0.1) is 18.9 Å². The molecule has 0 radical (unpaired) electrons. The molecule has 1 N–H and O–H groups in total. The van der Waals surface area contributed by atoms with E-state index in [9.17, 15) is 9.59 Å². The van der Waals surface area contributed by atoms with Gasteiger partial charge in [-0.1, -0.05) is 42.5 Å². The van der Waals surface area contributed by atoms with Crippen LogP contribution in [0.3, 0.4) is 0 Å². The molecular weight excluding hydrogens is 340 g/mol. The van der Waals surface area contributed by atoms with E-state index < -0.39 is 0 Å². The number of carbonyl (C=O) groups is 2. The van der Waals surface area contributed by atoms with Gasteiger partial charge in [0, 0.05) is 19.6 Å². The van der Waals surface area contributed by atoms with Gasteiger partial charge in [-0.2, -0.15) is 0 Å². The Morgan fingerprint density at radius 3 is 2.37 bits per heavy atom. The van der Waals surface area contributed by atoms with Gasteiger partial charge in [-0.15, -0.1) is 0 Å². The molecule has 5 heteroatoms. The first kappa shape index (κ1) is 19.0. The third-order valence-electron chi connectivity index (χ3n) is 4.98. The summed E-state index contributed by atoms with van der Waals surface area (Å²) in [6.07, 6.45) is 0.637. The molecule has 1 saturated carbocycles. The van der Waals surface area contributed by atoms with Gasteiger partial charge in [-0.25, -0.2) is 0 Å². The number of nitrogens with one attached hydrogen (secondary N) is 1. The third-order valence-corrected chi connectivity index (χ3v) is 4.98. The predicted octanol–water partition coefficient (Wildman–Crippen LogP) is 3.00. The molecule has 2 atom stereocenters. The number of methoxy groups -OCH3 is 1. The molecule has 0 bridgehead atoms. The number of ether oxygens (including phenoxy) is 1. The Morgan fingerprint density at radius 2 is 1.74 bits per heavy atom. The summed E-state index contributed by atoms with van der Waals surface area (Å²) in [7, 11) is 1.62. The van der Waals surface area contributed by atoms with Crippen LogP contribution >= 0.6 is 0 Å². The van der Waals surface area contributed by atoms with Crippen LogP contribution in [-0.4, -0.2) is 30.4 Å². The van der Waals surface area contributed by atoms with Gasteiger partial charge in [0.1, 0.15) is 5.75 Å². The summed E-state index contributed by atoms with van der Waals surface area (Å²) in [6, 6.07) is 17.5. The van der Waals surface area contributed by atoms with E-state index in [4.69, 9.17) is 4.74 Å². The number of rotatable bonds is 8. The second kappa shape index (κ2) is 8.71. The number of hydrogen-bond acceptors (Lipinski definition) is 3. The smallest absolute Gasteiger partial charge is 0.226 e. The lowest BCUT2D eigenvalue weighted by Crippen LogP contribution is -2.33. The molecule has 2 unspecified atom stereocenters. The molecule has 3 rings (SSSR count). The lowest BCUT2D eigenvalue weighted by atomic mass is 10.2. The molecule has 142 valence electrons. The summed E-state index contributed by atoms with van der Waals surface area (Å²) in [4.78, 5) is 26.9. The molecule has 0 heterocycles. The van der Waals surface area contributed by atoms with Crippen molar-refractivity contribution in [3.63, 3.8) is 0 Å². The Morgan fingerprint density at radius 1 is 1.04 bits per heavy atom. The Labute approximate surface area is 160 Å². The number of carbonyl (C=O) groups excluding carboxylic acids is 2. The van der Waals surface area contributed by atoms with Crippen molar-refractivity contribution in [2.24, 2.45) is 11.8 Å². The molecule has 5 nitrogen and oxygen atoms in total. The fourth-order valence-corrected chi connectivity index (χ4v) is 3.21. The van der Waals surface area contributed by atoms with Crippen LogP contribution in [0, 0.1) is 11.8 Å². The zero-order chi connectivity index (χ0) is 19.2. The van der Waals surface area contributed by atoms with Gasteiger partial charge >= 0.3 is 0 Å². The van der Waals surface area contributed by atoms with Crippen LogP contribution in [0.15, 0.2) is 54.6 Å². The number of hydrogen-bond donors (Lipinski definition) is 1. The number of benzene rings is 2. The normalized spacial score (nSPS) is 17.9. The zero-order valence-corrected chi connectivity index (χ0v) is 15.9. The lowest BCUT2D eigenvalue weighted by Gasteiger charge is -2.21. The summed E-state index contributed by atoms with van der Waals surface area (Å²) in [5, 5.41) is 2.94.